The van der Waals surface area contributed by atoms with Crippen molar-refractivity contribution < 1.29 is 12.4 Å². The molecule has 0 aliphatic carbocycles. The van der Waals surface area contributed by atoms with Gasteiger partial charge < -0.3 is 12.4 Å². The minimum atomic E-state index is 0. The molecule has 3 heteroatoms. The van der Waals surface area contributed by atoms with Crippen LogP contribution in [-0.2, 0) is 9.59 Å². The maximum atomic E-state index is 9.17. The molecule has 0 unspecified atom stereocenters. The van der Waals surface area contributed by atoms with Gasteiger partial charge in [-0.2, -0.15) is 0 Å². The number of rotatable bonds is 2. The molecule has 0 fully saturated rings. The van der Waals surface area contributed by atoms with Gasteiger partial charge in [0.2, 0.25) is 0 Å². The number of hydrogen-bond acceptors (Lipinski definition) is 2. The van der Waals surface area contributed by atoms with E-state index in [1.165, 1.54) is 0 Å². The molecule has 0 N–H and O–H groups in total. The van der Waals surface area contributed by atoms with Gasteiger partial charge in [-0.05, 0) is 0 Å². The van der Waals surface area contributed by atoms with Crippen LogP contribution in [0.5, 0.6) is 0 Å². The zero-order valence-corrected chi connectivity index (χ0v) is 5.59. The summed E-state index contributed by atoms with van der Waals surface area (Å²) >= 11 is 0. The molecule has 0 rings (SSSR count). The maximum Gasteiger partial charge on any atom is 2.00 e. The van der Waals surface area contributed by atoms with E-state index < -0.39 is 0 Å². The van der Waals surface area contributed by atoms with E-state index in [-0.39, 0.29) is 47.0 Å². The third-order valence-corrected chi connectivity index (χ3v) is 0.192. The SMILES string of the molecule is O=CCC=O.[Ca+2].[H-].[H-]. The largest absolute Gasteiger partial charge is 2.00 e. The Kier molecular flexibility index (Phi) is 14.9. The van der Waals surface area contributed by atoms with E-state index in [0.717, 1.165) is 0 Å². The van der Waals surface area contributed by atoms with Crippen LogP contribution in [0, 0.1) is 0 Å². The molecule has 32 valence electrons. The average Bonchev–Trinajstić information content (AvgIpc) is 1.41. The average molecular weight is 114 g/mol. The van der Waals surface area contributed by atoms with Crippen LogP contribution in [-0.4, -0.2) is 50.3 Å². The monoisotopic (exact) mass is 114 g/mol. The third kappa shape index (κ3) is 8.82. The van der Waals surface area contributed by atoms with Crippen LogP contribution in [0.4, 0.5) is 0 Å². The van der Waals surface area contributed by atoms with Crippen LogP contribution >= 0.6 is 0 Å². The second-order valence-corrected chi connectivity index (χ2v) is 0.569. The Bertz CT molecular complexity index is 44.5. The minimum absolute atomic E-state index is 0. The maximum absolute atomic E-state index is 9.17. The van der Waals surface area contributed by atoms with Gasteiger partial charge in [-0.1, -0.05) is 0 Å². The summed E-state index contributed by atoms with van der Waals surface area (Å²) in [7, 11) is 0. The molecule has 0 aromatic rings. The predicted molar refractivity (Wildman–Crippen MR) is 24.7 cm³/mol. The Morgan fingerprint density at radius 1 is 1.33 bits per heavy atom. The molecule has 0 heterocycles. The van der Waals surface area contributed by atoms with E-state index in [9.17, 15) is 9.59 Å². The van der Waals surface area contributed by atoms with Gasteiger partial charge in [0.1, 0.15) is 12.6 Å². The summed E-state index contributed by atoms with van der Waals surface area (Å²) in [6.45, 7) is 0. The van der Waals surface area contributed by atoms with Gasteiger partial charge in [0.25, 0.3) is 0 Å². The Balaban J connectivity index is -0.0000000267. The molecular formula is C3H6CaO2. The van der Waals surface area contributed by atoms with E-state index in [2.05, 4.69) is 0 Å². The molecule has 0 aromatic carbocycles. The number of carbonyl (C=O) groups excluding carboxylic acids is 2. The van der Waals surface area contributed by atoms with Gasteiger partial charge in [0, 0.05) is 0 Å². The Hall–Kier alpha value is 0.600. The Morgan fingerprint density at radius 2 is 1.67 bits per heavy atom. The summed E-state index contributed by atoms with van der Waals surface area (Å²) in [6, 6.07) is 0. The number of carbonyl (C=O) groups is 2. The molecule has 0 saturated heterocycles. The smallest absolute Gasteiger partial charge is 1.00 e. The summed E-state index contributed by atoms with van der Waals surface area (Å²) in [5.74, 6) is 0. The molecule has 0 amide bonds. The normalized spacial score (nSPS) is 5.33. The van der Waals surface area contributed by atoms with Gasteiger partial charge in [-0.3, -0.25) is 0 Å². The molecule has 0 saturated carbocycles. The van der Waals surface area contributed by atoms with Crippen LogP contribution in [0.25, 0.3) is 0 Å². The molecule has 0 radical (unpaired) electrons. The van der Waals surface area contributed by atoms with Crippen molar-refractivity contribution in [3.63, 3.8) is 0 Å². The first-order valence-corrected chi connectivity index (χ1v) is 1.29. The quantitative estimate of drug-likeness (QED) is 0.278. The van der Waals surface area contributed by atoms with Gasteiger partial charge in [0.05, 0.1) is 6.42 Å². The van der Waals surface area contributed by atoms with Crippen LogP contribution in [0.15, 0.2) is 0 Å². The summed E-state index contributed by atoms with van der Waals surface area (Å²) in [4.78, 5) is 18.3. The first-order valence-electron chi connectivity index (χ1n) is 1.29. The van der Waals surface area contributed by atoms with Crippen molar-refractivity contribution in [3.05, 3.63) is 0 Å². The second kappa shape index (κ2) is 9.14. The fourth-order valence-corrected chi connectivity index (χ4v) is 0.0393. The van der Waals surface area contributed by atoms with Gasteiger partial charge in [0.15, 0.2) is 0 Å². The molecule has 0 aromatic heterocycles. The second-order valence-electron chi connectivity index (χ2n) is 0.569. The van der Waals surface area contributed by atoms with Gasteiger partial charge in [-0.25, -0.2) is 0 Å². The third-order valence-electron chi connectivity index (χ3n) is 0.192. The van der Waals surface area contributed by atoms with Gasteiger partial charge in [-0.15, -0.1) is 0 Å². The van der Waals surface area contributed by atoms with Crippen molar-refractivity contribution in [2.45, 2.75) is 6.42 Å². The molecule has 0 spiro atoms. The molecule has 0 aliphatic heterocycles. The summed E-state index contributed by atoms with van der Waals surface area (Å²) < 4.78 is 0. The first-order chi connectivity index (χ1) is 2.41. The Labute approximate surface area is 68.9 Å². The van der Waals surface area contributed by atoms with E-state index in [1.54, 1.807) is 0 Å². The van der Waals surface area contributed by atoms with Crippen molar-refractivity contribution >= 4 is 50.3 Å². The molecule has 2 nitrogen and oxygen atoms in total. The van der Waals surface area contributed by atoms with E-state index in [1.807, 2.05) is 0 Å². The van der Waals surface area contributed by atoms with Crippen molar-refractivity contribution in [2.75, 3.05) is 0 Å². The zero-order chi connectivity index (χ0) is 4.12. The summed E-state index contributed by atoms with van der Waals surface area (Å²) in [5, 5.41) is 0. The minimum Gasteiger partial charge on any atom is -1.00 e. The molecule has 6 heavy (non-hydrogen) atoms. The summed E-state index contributed by atoms with van der Waals surface area (Å²) in [5.41, 5.74) is 0. The van der Waals surface area contributed by atoms with Crippen LogP contribution < -0.4 is 0 Å². The number of hydrogen-bond donors (Lipinski definition) is 0. The van der Waals surface area contributed by atoms with Crippen LogP contribution in [0.1, 0.15) is 9.27 Å². The standard InChI is InChI=1S/C3H4O2.Ca.2H/c4-2-1-3-5;;;/h2-3H,1H2;;;/q;+2;2*-1. The topological polar surface area (TPSA) is 34.1 Å². The van der Waals surface area contributed by atoms with E-state index >= 15 is 0 Å². The van der Waals surface area contributed by atoms with E-state index in [0.29, 0.717) is 12.6 Å². The van der Waals surface area contributed by atoms with Crippen molar-refractivity contribution in [1.29, 1.82) is 0 Å². The molecule has 0 bridgehead atoms. The molecular weight excluding hydrogens is 108 g/mol. The van der Waals surface area contributed by atoms with Crippen molar-refractivity contribution in [1.82, 2.24) is 0 Å². The van der Waals surface area contributed by atoms with Crippen molar-refractivity contribution in [3.8, 4) is 0 Å². The Morgan fingerprint density at radius 3 is 1.67 bits per heavy atom. The van der Waals surface area contributed by atoms with E-state index in [4.69, 9.17) is 0 Å². The first kappa shape index (κ1) is 9.78. The van der Waals surface area contributed by atoms with Crippen LogP contribution in [0.2, 0.25) is 0 Å². The fraction of sp³-hybridized carbons (Fsp3) is 0.333. The fourth-order valence-electron chi connectivity index (χ4n) is 0.0393. The molecule has 0 aliphatic rings. The number of aldehydes is 2. The van der Waals surface area contributed by atoms with Gasteiger partial charge >= 0.3 is 37.7 Å². The zero-order valence-electron chi connectivity index (χ0n) is 5.39. The van der Waals surface area contributed by atoms with Crippen LogP contribution in [0.3, 0.4) is 0 Å². The van der Waals surface area contributed by atoms with Crippen molar-refractivity contribution in [2.24, 2.45) is 0 Å². The summed E-state index contributed by atoms with van der Waals surface area (Å²) in [6.07, 6.45) is 1.15. The molecule has 0 atom stereocenters. The predicted octanol–water partition coefficient (Wildman–Crippen LogP) is -0.381.